The summed E-state index contributed by atoms with van der Waals surface area (Å²) in [4.78, 5) is 1.59. The molecule has 0 N–H and O–H groups in total. The van der Waals surface area contributed by atoms with Crippen molar-refractivity contribution < 1.29 is 0 Å². The molecule has 0 amide bonds. The molecule has 0 radical (unpaired) electrons. The Morgan fingerprint density at radius 2 is 1.68 bits per heavy atom. The van der Waals surface area contributed by atoms with Gasteiger partial charge in [-0.1, -0.05) is 79.9 Å². The number of rotatable bonds is 3. The SMILES string of the molecule is C[Si](C)(C1C=CC=C1)C1C=Cc2c(-c3ccccc3)csc21. The Morgan fingerprint density at radius 3 is 2.41 bits per heavy atom. The highest BCUT2D eigenvalue weighted by Crippen LogP contribution is 2.49. The van der Waals surface area contributed by atoms with Crippen molar-refractivity contribution in [3.63, 3.8) is 0 Å². The lowest BCUT2D eigenvalue weighted by atomic mass is 10.0. The van der Waals surface area contributed by atoms with Crippen molar-refractivity contribution in [2.45, 2.75) is 24.2 Å². The highest BCUT2D eigenvalue weighted by Gasteiger charge is 2.40. The van der Waals surface area contributed by atoms with Crippen molar-refractivity contribution in [1.29, 1.82) is 0 Å². The number of hydrogen-bond donors (Lipinski definition) is 0. The summed E-state index contributed by atoms with van der Waals surface area (Å²) in [6.45, 7) is 5.06. The van der Waals surface area contributed by atoms with Gasteiger partial charge in [-0.2, -0.15) is 0 Å². The number of benzene rings is 1. The first-order valence-electron chi connectivity index (χ1n) is 7.88. The van der Waals surface area contributed by atoms with Gasteiger partial charge in [0, 0.05) is 10.4 Å². The van der Waals surface area contributed by atoms with Crippen molar-refractivity contribution in [2.75, 3.05) is 0 Å². The highest BCUT2D eigenvalue weighted by atomic mass is 32.1. The van der Waals surface area contributed by atoms with Gasteiger partial charge in [0.25, 0.3) is 0 Å². The van der Waals surface area contributed by atoms with E-state index in [9.17, 15) is 0 Å². The van der Waals surface area contributed by atoms with Crippen LogP contribution in [0.1, 0.15) is 16.0 Å². The van der Waals surface area contributed by atoms with Crippen molar-refractivity contribution >= 4 is 25.5 Å². The summed E-state index contributed by atoms with van der Waals surface area (Å²) in [7, 11) is -1.43. The van der Waals surface area contributed by atoms with E-state index < -0.39 is 8.07 Å². The van der Waals surface area contributed by atoms with E-state index in [4.69, 9.17) is 0 Å². The van der Waals surface area contributed by atoms with Gasteiger partial charge in [-0.3, -0.25) is 0 Å². The zero-order chi connectivity index (χ0) is 15.2. The Balaban J connectivity index is 1.73. The Bertz CT molecular complexity index is 765. The molecular weight excluding hydrogens is 300 g/mol. The topological polar surface area (TPSA) is 0 Å². The maximum atomic E-state index is 2.53. The third kappa shape index (κ3) is 2.10. The standard InChI is InChI=1S/C20H20SSi/c1-22(2,16-10-6-7-11-16)19-13-12-17-18(14-21-20(17)19)15-8-4-3-5-9-15/h3-14,16,19H,1-2H3. The van der Waals surface area contributed by atoms with Crippen molar-refractivity contribution in [2.24, 2.45) is 0 Å². The van der Waals surface area contributed by atoms with Crippen LogP contribution in [0.25, 0.3) is 17.2 Å². The fourth-order valence-electron chi connectivity index (χ4n) is 3.64. The summed E-state index contributed by atoms with van der Waals surface area (Å²) in [6, 6.07) is 10.8. The van der Waals surface area contributed by atoms with Gasteiger partial charge < -0.3 is 0 Å². The lowest BCUT2D eigenvalue weighted by Crippen LogP contribution is -2.36. The summed E-state index contributed by atoms with van der Waals surface area (Å²) in [5.41, 5.74) is 5.51. The summed E-state index contributed by atoms with van der Waals surface area (Å²) >= 11 is 1.95. The molecule has 2 aliphatic rings. The first kappa shape index (κ1) is 14.0. The first-order chi connectivity index (χ1) is 10.7. The van der Waals surface area contributed by atoms with Crippen LogP contribution in [0.3, 0.4) is 0 Å². The Labute approximate surface area is 137 Å². The largest absolute Gasteiger partial charge is 0.147 e. The predicted molar refractivity (Wildman–Crippen MR) is 101 cm³/mol. The molecule has 1 heterocycles. The molecule has 22 heavy (non-hydrogen) atoms. The summed E-state index contributed by atoms with van der Waals surface area (Å²) in [6.07, 6.45) is 14.1. The van der Waals surface area contributed by atoms with E-state index in [1.165, 1.54) is 16.7 Å². The molecule has 0 nitrogen and oxygen atoms in total. The minimum atomic E-state index is -1.43. The molecule has 2 heteroatoms. The van der Waals surface area contributed by atoms with Gasteiger partial charge in [0.05, 0.1) is 8.07 Å². The van der Waals surface area contributed by atoms with Crippen molar-refractivity contribution in [3.8, 4) is 11.1 Å². The van der Waals surface area contributed by atoms with Gasteiger partial charge in [0.15, 0.2) is 0 Å². The van der Waals surface area contributed by atoms with Crippen molar-refractivity contribution in [1.82, 2.24) is 0 Å². The van der Waals surface area contributed by atoms with E-state index in [1.54, 1.807) is 4.88 Å². The van der Waals surface area contributed by atoms with Crippen molar-refractivity contribution in [3.05, 3.63) is 76.5 Å². The van der Waals surface area contributed by atoms with Crippen LogP contribution in [0.2, 0.25) is 18.6 Å². The van der Waals surface area contributed by atoms with E-state index >= 15 is 0 Å². The maximum Gasteiger partial charge on any atom is 0.0717 e. The van der Waals surface area contributed by atoms with Crippen LogP contribution in [0.4, 0.5) is 0 Å². The molecule has 2 aromatic rings. The summed E-state index contributed by atoms with van der Waals surface area (Å²) in [5, 5.41) is 2.35. The third-order valence-corrected chi connectivity index (χ3v) is 10.6. The van der Waals surface area contributed by atoms with E-state index in [0.717, 1.165) is 0 Å². The summed E-state index contributed by atoms with van der Waals surface area (Å²) < 4.78 is 0. The fraction of sp³-hybridized carbons (Fsp3) is 0.200. The van der Waals surface area contributed by atoms with Crippen LogP contribution in [-0.2, 0) is 0 Å². The molecule has 4 rings (SSSR count). The molecule has 0 bridgehead atoms. The molecule has 1 atom stereocenters. The van der Waals surface area contributed by atoms with Crippen LogP contribution in [0, 0.1) is 0 Å². The smallest absolute Gasteiger partial charge is 0.0717 e. The number of fused-ring (bicyclic) bond motifs is 1. The Morgan fingerprint density at radius 1 is 0.955 bits per heavy atom. The van der Waals surface area contributed by atoms with Crippen LogP contribution in [0.5, 0.6) is 0 Å². The second-order valence-electron chi connectivity index (χ2n) is 6.75. The van der Waals surface area contributed by atoms with Gasteiger partial charge in [-0.05, 0) is 27.6 Å². The predicted octanol–water partition coefficient (Wildman–Crippen LogP) is 6.27. The van der Waals surface area contributed by atoms with E-state index in [-0.39, 0.29) is 0 Å². The van der Waals surface area contributed by atoms with Gasteiger partial charge >= 0.3 is 0 Å². The average molecular weight is 321 g/mol. The second kappa shape index (κ2) is 5.22. The number of hydrogen-bond acceptors (Lipinski definition) is 1. The Hall–Kier alpha value is -1.64. The molecule has 0 saturated carbocycles. The minimum absolute atomic E-state index is 0.641. The lowest BCUT2D eigenvalue weighted by Gasteiger charge is -2.32. The molecule has 0 saturated heterocycles. The lowest BCUT2D eigenvalue weighted by molar-refractivity contribution is 1.12. The second-order valence-corrected chi connectivity index (χ2v) is 12.6. The molecule has 1 aromatic carbocycles. The average Bonchev–Trinajstić information content (AvgIpc) is 3.25. The molecule has 1 unspecified atom stereocenters. The molecule has 2 aliphatic carbocycles. The van der Waals surface area contributed by atoms with Gasteiger partial charge in [-0.25, -0.2) is 0 Å². The van der Waals surface area contributed by atoms with Crippen LogP contribution in [-0.4, -0.2) is 8.07 Å². The summed E-state index contributed by atoms with van der Waals surface area (Å²) in [5.74, 6) is 0. The fourth-order valence-corrected chi connectivity index (χ4v) is 8.84. The van der Waals surface area contributed by atoms with Gasteiger partial charge in [-0.15, -0.1) is 11.3 Å². The van der Waals surface area contributed by atoms with Gasteiger partial charge in [0.2, 0.25) is 0 Å². The van der Waals surface area contributed by atoms with Crippen LogP contribution in [0.15, 0.2) is 66.1 Å². The quantitative estimate of drug-likeness (QED) is 0.585. The monoisotopic (exact) mass is 320 g/mol. The molecule has 0 spiro atoms. The normalized spacial score (nSPS) is 20.0. The molecule has 0 fully saturated rings. The van der Waals surface area contributed by atoms with E-state index in [0.29, 0.717) is 11.1 Å². The Kier molecular flexibility index (Phi) is 3.32. The van der Waals surface area contributed by atoms with E-state index in [2.05, 4.69) is 85.3 Å². The zero-order valence-electron chi connectivity index (χ0n) is 13.0. The van der Waals surface area contributed by atoms with Gasteiger partial charge in [0.1, 0.15) is 0 Å². The molecule has 1 aromatic heterocycles. The number of allylic oxidation sites excluding steroid dienone is 5. The minimum Gasteiger partial charge on any atom is -0.147 e. The molecule has 0 aliphatic heterocycles. The van der Waals surface area contributed by atoms with Crippen LogP contribution < -0.4 is 0 Å². The third-order valence-electron chi connectivity index (χ3n) is 5.09. The first-order valence-corrected chi connectivity index (χ1v) is 11.9. The molecule has 110 valence electrons. The highest BCUT2D eigenvalue weighted by molar-refractivity contribution is 7.11. The maximum absolute atomic E-state index is 2.53. The number of thiophene rings is 1. The zero-order valence-corrected chi connectivity index (χ0v) is 14.8. The van der Waals surface area contributed by atoms with Crippen LogP contribution >= 0.6 is 11.3 Å². The molecular formula is C20H20SSi. The van der Waals surface area contributed by atoms with E-state index in [1.807, 2.05) is 11.3 Å².